The van der Waals surface area contributed by atoms with Crippen LogP contribution in [0.4, 0.5) is 4.39 Å². The van der Waals surface area contributed by atoms with Crippen molar-refractivity contribution >= 4 is 0 Å². The lowest BCUT2D eigenvalue weighted by Gasteiger charge is -2.29. The Morgan fingerprint density at radius 1 is 1.32 bits per heavy atom. The maximum atomic E-state index is 13.9. The zero-order valence-corrected chi connectivity index (χ0v) is 12.0. The Hall–Kier alpha value is -0.930. The molecule has 1 aliphatic carbocycles. The second kappa shape index (κ2) is 7.01. The summed E-state index contributed by atoms with van der Waals surface area (Å²) in [5, 5.41) is 3.41. The summed E-state index contributed by atoms with van der Waals surface area (Å²) in [6.07, 6.45) is 5.24. The van der Waals surface area contributed by atoms with Gasteiger partial charge >= 0.3 is 0 Å². The van der Waals surface area contributed by atoms with Crippen molar-refractivity contribution in [3.63, 3.8) is 0 Å². The number of likely N-dealkylation sites (N-methyl/N-ethyl adjacent to an activating group) is 2. The van der Waals surface area contributed by atoms with Crippen LogP contribution in [0.3, 0.4) is 0 Å². The van der Waals surface area contributed by atoms with Crippen molar-refractivity contribution in [3.05, 3.63) is 35.6 Å². The first-order chi connectivity index (χ1) is 9.22. The van der Waals surface area contributed by atoms with Gasteiger partial charge in [0, 0.05) is 24.2 Å². The second-order valence-corrected chi connectivity index (χ2v) is 5.51. The molecule has 1 N–H and O–H groups in total. The molecule has 19 heavy (non-hydrogen) atoms. The zero-order valence-electron chi connectivity index (χ0n) is 12.0. The van der Waals surface area contributed by atoms with E-state index in [1.54, 1.807) is 12.1 Å². The molecule has 0 bridgehead atoms. The van der Waals surface area contributed by atoms with Gasteiger partial charge in [0.2, 0.25) is 0 Å². The minimum atomic E-state index is -0.103. The van der Waals surface area contributed by atoms with Crippen molar-refractivity contribution in [2.24, 2.45) is 0 Å². The van der Waals surface area contributed by atoms with E-state index in [0.717, 1.165) is 18.7 Å². The highest BCUT2D eigenvalue weighted by Gasteiger charge is 2.23. The maximum absolute atomic E-state index is 13.9. The van der Waals surface area contributed by atoms with E-state index in [9.17, 15) is 4.39 Å². The number of nitrogens with one attached hydrogen (secondary N) is 1. The predicted octanol–water partition coefficient (Wildman–Crippen LogP) is 3.35. The molecule has 3 heteroatoms. The van der Waals surface area contributed by atoms with Crippen LogP contribution in [0.15, 0.2) is 24.3 Å². The van der Waals surface area contributed by atoms with Crippen molar-refractivity contribution in [1.29, 1.82) is 0 Å². The summed E-state index contributed by atoms with van der Waals surface area (Å²) in [4.78, 5) is 2.40. The molecule has 0 radical (unpaired) electrons. The summed E-state index contributed by atoms with van der Waals surface area (Å²) < 4.78 is 13.9. The molecule has 1 aromatic carbocycles. The van der Waals surface area contributed by atoms with E-state index in [2.05, 4.69) is 24.2 Å². The molecule has 2 rings (SSSR count). The van der Waals surface area contributed by atoms with Crippen LogP contribution in [0.5, 0.6) is 0 Å². The summed E-state index contributed by atoms with van der Waals surface area (Å²) in [5.41, 5.74) is 0.786. The minimum absolute atomic E-state index is 0.0804. The molecular formula is C16H25FN2. The Balaban J connectivity index is 2.05. The topological polar surface area (TPSA) is 15.3 Å². The third-order valence-electron chi connectivity index (χ3n) is 4.15. The maximum Gasteiger partial charge on any atom is 0.128 e. The largest absolute Gasteiger partial charge is 0.309 e. The third-order valence-corrected chi connectivity index (χ3v) is 4.15. The number of hydrogen-bond acceptors (Lipinski definition) is 2. The fourth-order valence-electron chi connectivity index (χ4n) is 3.06. The molecular weight excluding hydrogens is 239 g/mol. The normalized spacial score (nSPS) is 18.1. The van der Waals surface area contributed by atoms with Gasteiger partial charge in [0.05, 0.1) is 0 Å². The Bertz CT molecular complexity index is 388. The van der Waals surface area contributed by atoms with Gasteiger partial charge < -0.3 is 10.2 Å². The molecule has 0 aromatic heterocycles. The Kier molecular flexibility index (Phi) is 5.34. The summed E-state index contributed by atoms with van der Waals surface area (Å²) in [6.45, 7) is 3.81. The smallest absolute Gasteiger partial charge is 0.128 e. The molecule has 106 valence electrons. The van der Waals surface area contributed by atoms with Gasteiger partial charge in [-0.2, -0.15) is 0 Å². The van der Waals surface area contributed by atoms with Gasteiger partial charge in [-0.25, -0.2) is 4.39 Å². The van der Waals surface area contributed by atoms with Crippen molar-refractivity contribution in [1.82, 2.24) is 10.2 Å². The van der Waals surface area contributed by atoms with Crippen LogP contribution < -0.4 is 5.32 Å². The van der Waals surface area contributed by atoms with Gasteiger partial charge in [-0.05, 0) is 32.5 Å². The van der Waals surface area contributed by atoms with E-state index in [0.29, 0.717) is 6.04 Å². The van der Waals surface area contributed by atoms with Crippen LogP contribution in [-0.4, -0.2) is 31.1 Å². The first kappa shape index (κ1) is 14.5. The number of benzene rings is 1. The third kappa shape index (κ3) is 3.77. The van der Waals surface area contributed by atoms with Crippen LogP contribution in [0.2, 0.25) is 0 Å². The fourth-order valence-corrected chi connectivity index (χ4v) is 3.06. The quantitative estimate of drug-likeness (QED) is 0.847. The average Bonchev–Trinajstić information content (AvgIpc) is 2.93. The lowest BCUT2D eigenvalue weighted by atomic mass is 10.0. The highest BCUT2D eigenvalue weighted by atomic mass is 19.1. The standard InChI is InChI=1S/C16H25FN2/c1-3-18-16(14-10-6-7-11-15(14)17)12-19(2)13-8-4-5-9-13/h6-7,10-11,13,16,18H,3-5,8-9,12H2,1-2H3. The molecule has 1 unspecified atom stereocenters. The molecule has 1 aromatic rings. The lowest BCUT2D eigenvalue weighted by Crippen LogP contribution is -2.38. The highest BCUT2D eigenvalue weighted by molar-refractivity contribution is 5.21. The molecule has 0 amide bonds. The molecule has 1 fully saturated rings. The summed E-state index contributed by atoms with van der Waals surface area (Å²) in [5.74, 6) is -0.103. The summed E-state index contributed by atoms with van der Waals surface area (Å²) >= 11 is 0. The minimum Gasteiger partial charge on any atom is -0.309 e. The highest BCUT2D eigenvalue weighted by Crippen LogP contribution is 2.25. The summed E-state index contributed by atoms with van der Waals surface area (Å²) in [6, 6.07) is 7.87. The van der Waals surface area contributed by atoms with Gasteiger partial charge in [0.25, 0.3) is 0 Å². The summed E-state index contributed by atoms with van der Waals surface area (Å²) in [7, 11) is 2.17. The number of halogens is 1. The van der Waals surface area contributed by atoms with E-state index in [4.69, 9.17) is 0 Å². The Labute approximate surface area is 116 Å². The SMILES string of the molecule is CCNC(CN(C)C1CCCC1)c1ccccc1F. The van der Waals surface area contributed by atoms with Gasteiger partial charge in [-0.1, -0.05) is 38.0 Å². The Morgan fingerprint density at radius 3 is 2.63 bits per heavy atom. The molecule has 1 saturated carbocycles. The first-order valence-corrected chi connectivity index (χ1v) is 7.40. The van der Waals surface area contributed by atoms with Crippen LogP contribution in [0.25, 0.3) is 0 Å². The van der Waals surface area contributed by atoms with E-state index in [1.807, 2.05) is 12.1 Å². The fraction of sp³-hybridized carbons (Fsp3) is 0.625. The van der Waals surface area contributed by atoms with Crippen LogP contribution in [0.1, 0.15) is 44.2 Å². The average molecular weight is 264 g/mol. The van der Waals surface area contributed by atoms with Crippen LogP contribution in [-0.2, 0) is 0 Å². The van der Waals surface area contributed by atoms with E-state index < -0.39 is 0 Å². The predicted molar refractivity (Wildman–Crippen MR) is 77.7 cm³/mol. The van der Waals surface area contributed by atoms with Crippen LogP contribution >= 0.6 is 0 Å². The van der Waals surface area contributed by atoms with E-state index in [1.165, 1.54) is 25.7 Å². The molecule has 0 heterocycles. The first-order valence-electron chi connectivity index (χ1n) is 7.40. The van der Waals surface area contributed by atoms with Crippen molar-refractivity contribution in [3.8, 4) is 0 Å². The molecule has 2 nitrogen and oxygen atoms in total. The van der Waals surface area contributed by atoms with Crippen molar-refractivity contribution < 1.29 is 4.39 Å². The lowest BCUT2D eigenvalue weighted by molar-refractivity contribution is 0.218. The molecule has 0 aliphatic heterocycles. The number of nitrogens with zero attached hydrogens (tertiary/aromatic N) is 1. The van der Waals surface area contributed by atoms with E-state index >= 15 is 0 Å². The number of hydrogen-bond donors (Lipinski definition) is 1. The second-order valence-electron chi connectivity index (χ2n) is 5.51. The molecule has 1 aliphatic rings. The van der Waals surface area contributed by atoms with Gasteiger partial charge in [0.1, 0.15) is 5.82 Å². The van der Waals surface area contributed by atoms with Crippen molar-refractivity contribution in [2.45, 2.75) is 44.7 Å². The van der Waals surface area contributed by atoms with Crippen molar-refractivity contribution in [2.75, 3.05) is 20.1 Å². The Morgan fingerprint density at radius 2 is 2.00 bits per heavy atom. The molecule has 0 saturated heterocycles. The number of rotatable bonds is 6. The van der Waals surface area contributed by atoms with Gasteiger partial charge in [-0.3, -0.25) is 0 Å². The van der Waals surface area contributed by atoms with Gasteiger partial charge in [-0.15, -0.1) is 0 Å². The van der Waals surface area contributed by atoms with Crippen LogP contribution in [0, 0.1) is 5.82 Å². The molecule has 0 spiro atoms. The molecule has 1 atom stereocenters. The van der Waals surface area contributed by atoms with Gasteiger partial charge in [0.15, 0.2) is 0 Å². The monoisotopic (exact) mass is 264 g/mol. The van der Waals surface area contributed by atoms with E-state index in [-0.39, 0.29) is 11.9 Å². The zero-order chi connectivity index (χ0) is 13.7.